The molecule has 1 heterocycles. The maximum atomic E-state index is 8.99. The molecule has 0 bridgehead atoms. The van der Waals surface area contributed by atoms with Crippen molar-refractivity contribution in [3.8, 4) is 6.07 Å². The van der Waals surface area contributed by atoms with E-state index in [1.807, 2.05) is 12.1 Å². The van der Waals surface area contributed by atoms with Crippen molar-refractivity contribution in [3.63, 3.8) is 0 Å². The van der Waals surface area contributed by atoms with Gasteiger partial charge in [0.15, 0.2) is 14.4 Å². The second-order valence-electron chi connectivity index (χ2n) is 3.88. The van der Waals surface area contributed by atoms with Crippen LogP contribution in [0.3, 0.4) is 0 Å². The number of rotatable bonds is 3. The van der Waals surface area contributed by atoms with Crippen LogP contribution in [0.15, 0.2) is 15.9 Å². The van der Waals surface area contributed by atoms with Gasteiger partial charge in [0.25, 0.3) is 0 Å². The molecular formula is C9H12BrNOSSi. The Morgan fingerprint density at radius 3 is 2.50 bits per heavy atom. The van der Waals surface area contributed by atoms with Crippen molar-refractivity contribution in [3.05, 3.63) is 20.8 Å². The zero-order valence-corrected chi connectivity index (χ0v) is 11.8. The Kier molecular flexibility index (Phi) is 3.90. The highest BCUT2D eigenvalue weighted by Crippen LogP contribution is 2.30. The van der Waals surface area contributed by atoms with Crippen molar-refractivity contribution < 1.29 is 4.43 Å². The molecular weight excluding hydrogens is 278 g/mol. The monoisotopic (exact) mass is 289 g/mol. The molecule has 0 saturated heterocycles. The van der Waals surface area contributed by atoms with Gasteiger partial charge >= 0.3 is 0 Å². The van der Waals surface area contributed by atoms with Gasteiger partial charge in [-0.15, -0.1) is 11.3 Å². The third-order valence-corrected chi connectivity index (χ3v) is 4.05. The van der Waals surface area contributed by atoms with Gasteiger partial charge in [-0.25, -0.2) is 0 Å². The molecule has 14 heavy (non-hydrogen) atoms. The maximum Gasteiger partial charge on any atom is 0.186 e. The number of thiophene rings is 1. The number of halogens is 1. The zero-order valence-electron chi connectivity index (χ0n) is 8.37. The Morgan fingerprint density at radius 1 is 1.50 bits per heavy atom. The van der Waals surface area contributed by atoms with Gasteiger partial charge in [-0.3, -0.25) is 0 Å². The van der Waals surface area contributed by atoms with Gasteiger partial charge in [0, 0.05) is 4.88 Å². The van der Waals surface area contributed by atoms with E-state index in [0.717, 1.165) is 8.66 Å². The van der Waals surface area contributed by atoms with Gasteiger partial charge in [0.05, 0.1) is 9.86 Å². The third-order valence-electron chi connectivity index (χ3n) is 1.44. The largest absolute Gasteiger partial charge is 0.398 e. The highest BCUT2D eigenvalue weighted by atomic mass is 79.9. The zero-order chi connectivity index (χ0) is 10.8. The fourth-order valence-corrected chi connectivity index (χ4v) is 3.34. The Morgan fingerprint density at radius 2 is 2.14 bits per heavy atom. The molecule has 0 spiro atoms. The van der Waals surface area contributed by atoms with Crippen molar-refractivity contribution in [1.29, 1.82) is 5.26 Å². The first kappa shape index (κ1) is 11.9. The summed E-state index contributed by atoms with van der Waals surface area (Å²) in [6, 6.07) is 6.07. The average molecular weight is 290 g/mol. The summed E-state index contributed by atoms with van der Waals surface area (Å²) in [4.78, 5) is 0.974. The summed E-state index contributed by atoms with van der Waals surface area (Å²) < 4.78 is 6.79. The van der Waals surface area contributed by atoms with Crippen LogP contribution in [0.5, 0.6) is 0 Å². The normalized spacial score (nSPS) is 13.6. The molecule has 0 radical (unpaired) electrons. The maximum absolute atomic E-state index is 8.99. The molecule has 0 N–H and O–H groups in total. The molecule has 1 aromatic heterocycles. The summed E-state index contributed by atoms with van der Waals surface area (Å²) in [7, 11) is -1.65. The highest BCUT2D eigenvalue weighted by Gasteiger charge is 2.23. The first-order valence-electron chi connectivity index (χ1n) is 4.25. The Bertz CT molecular complexity index is 352. The molecule has 1 aromatic rings. The molecule has 76 valence electrons. The van der Waals surface area contributed by atoms with Gasteiger partial charge < -0.3 is 4.43 Å². The summed E-state index contributed by atoms with van der Waals surface area (Å²) in [6.45, 7) is 6.25. The molecule has 0 saturated carbocycles. The van der Waals surface area contributed by atoms with Gasteiger partial charge in [0.2, 0.25) is 0 Å². The van der Waals surface area contributed by atoms with Crippen molar-refractivity contribution >= 4 is 35.6 Å². The molecule has 0 fully saturated rings. The standard InChI is InChI=1S/C9H12BrNOSSi/c1-14(2,3)12-7(6-11)8-4-5-9(10)13-8/h4-5,7H,1-3H3. The summed E-state index contributed by atoms with van der Waals surface area (Å²) in [5.74, 6) is 0. The van der Waals surface area contributed by atoms with Crippen molar-refractivity contribution in [1.82, 2.24) is 0 Å². The van der Waals surface area contributed by atoms with Gasteiger partial charge in [0.1, 0.15) is 0 Å². The number of hydrogen-bond acceptors (Lipinski definition) is 3. The summed E-state index contributed by atoms with van der Waals surface area (Å²) in [5, 5.41) is 8.99. The second kappa shape index (κ2) is 4.58. The lowest BCUT2D eigenvalue weighted by Gasteiger charge is -2.20. The quantitative estimate of drug-likeness (QED) is 0.790. The van der Waals surface area contributed by atoms with Crippen LogP contribution in [0.2, 0.25) is 19.6 Å². The number of nitrogens with zero attached hydrogens (tertiary/aromatic N) is 1. The van der Waals surface area contributed by atoms with Gasteiger partial charge in [-0.2, -0.15) is 5.26 Å². The molecule has 0 aliphatic heterocycles. The first-order valence-corrected chi connectivity index (χ1v) is 9.27. The summed E-state index contributed by atoms with van der Waals surface area (Å²) >= 11 is 4.93. The Balaban J connectivity index is 2.79. The second-order valence-corrected chi connectivity index (χ2v) is 10.8. The molecule has 5 heteroatoms. The molecule has 1 unspecified atom stereocenters. The molecule has 2 nitrogen and oxygen atoms in total. The van der Waals surface area contributed by atoms with E-state index in [2.05, 4.69) is 41.6 Å². The Hall–Kier alpha value is -0.153. The van der Waals surface area contributed by atoms with Crippen molar-refractivity contribution in [2.75, 3.05) is 0 Å². The van der Waals surface area contributed by atoms with E-state index < -0.39 is 14.4 Å². The lowest BCUT2D eigenvalue weighted by Crippen LogP contribution is -2.27. The smallest absolute Gasteiger partial charge is 0.186 e. The van der Waals surface area contributed by atoms with Crippen LogP contribution in [-0.4, -0.2) is 8.32 Å². The third kappa shape index (κ3) is 3.54. The fourth-order valence-electron chi connectivity index (χ4n) is 0.971. The minimum atomic E-state index is -1.65. The first-order chi connectivity index (χ1) is 6.42. The van der Waals surface area contributed by atoms with Crippen LogP contribution >= 0.6 is 27.3 Å². The number of hydrogen-bond donors (Lipinski definition) is 0. The average Bonchev–Trinajstić information content (AvgIpc) is 2.46. The fraction of sp³-hybridized carbons (Fsp3) is 0.444. The molecule has 1 atom stereocenters. The van der Waals surface area contributed by atoms with Gasteiger partial charge in [-0.05, 0) is 47.7 Å². The van der Waals surface area contributed by atoms with E-state index in [4.69, 9.17) is 9.69 Å². The van der Waals surface area contributed by atoms with E-state index in [1.165, 1.54) is 0 Å². The van der Waals surface area contributed by atoms with Crippen LogP contribution in [0.4, 0.5) is 0 Å². The van der Waals surface area contributed by atoms with Crippen LogP contribution in [0.25, 0.3) is 0 Å². The van der Waals surface area contributed by atoms with E-state index >= 15 is 0 Å². The van der Waals surface area contributed by atoms with Crippen molar-refractivity contribution in [2.24, 2.45) is 0 Å². The van der Waals surface area contributed by atoms with Crippen LogP contribution in [0, 0.1) is 11.3 Å². The summed E-state index contributed by atoms with van der Waals surface area (Å²) in [6.07, 6.45) is -0.405. The lowest BCUT2D eigenvalue weighted by molar-refractivity contribution is 0.259. The molecule has 0 aliphatic rings. The van der Waals surface area contributed by atoms with E-state index in [-0.39, 0.29) is 0 Å². The minimum Gasteiger partial charge on any atom is -0.398 e. The SMILES string of the molecule is C[Si](C)(C)OC(C#N)c1ccc(Br)s1. The van der Waals surface area contributed by atoms with Crippen molar-refractivity contribution in [2.45, 2.75) is 25.7 Å². The molecule has 1 rings (SSSR count). The Labute approximate surface area is 97.8 Å². The minimum absolute atomic E-state index is 0.405. The predicted octanol–water partition coefficient (Wildman–Crippen LogP) is 3.93. The van der Waals surface area contributed by atoms with Crippen LogP contribution in [-0.2, 0) is 4.43 Å². The topological polar surface area (TPSA) is 33.0 Å². The van der Waals surface area contributed by atoms with Gasteiger partial charge in [-0.1, -0.05) is 0 Å². The van der Waals surface area contributed by atoms with Crippen LogP contribution in [0.1, 0.15) is 11.0 Å². The summed E-state index contributed by atoms with van der Waals surface area (Å²) in [5.41, 5.74) is 0. The van der Waals surface area contributed by atoms with E-state index in [9.17, 15) is 0 Å². The van der Waals surface area contributed by atoms with E-state index in [0.29, 0.717) is 0 Å². The highest BCUT2D eigenvalue weighted by molar-refractivity contribution is 9.11. The lowest BCUT2D eigenvalue weighted by atomic mass is 10.3. The number of nitriles is 1. The molecule has 0 aromatic carbocycles. The molecule has 0 amide bonds. The predicted molar refractivity (Wildman–Crippen MR) is 64.8 cm³/mol. The van der Waals surface area contributed by atoms with E-state index in [1.54, 1.807) is 11.3 Å². The molecule has 0 aliphatic carbocycles. The van der Waals surface area contributed by atoms with Crippen LogP contribution < -0.4 is 0 Å².